The molecule has 0 N–H and O–H groups in total. The number of piperidine rings is 2. The third-order valence-electron chi connectivity index (χ3n) is 8.03. The maximum absolute atomic E-state index is 12.0. The summed E-state index contributed by atoms with van der Waals surface area (Å²) in [5, 5.41) is 5.65. The van der Waals surface area contributed by atoms with Crippen molar-refractivity contribution < 1.29 is 14.1 Å². The van der Waals surface area contributed by atoms with Crippen molar-refractivity contribution in [2.75, 3.05) is 53.4 Å². The van der Waals surface area contributed by atoms with Crippen LogP contribution in [0.2, 0.25) is 0 Å². The Hall–Kier alpha value is -1.54. The number of hydrogen-bond donors (Lipinski definition) is 0. The minimum absolute atomic E-state index is 0. The van der Waals surface area contributed by atoms with E-state index < -0.39 is 0 Å². The first kappa shape index (κ1) is 30.0. The van der Waals surface area contributed by atoms with E-state index in [1.807, 2.05) is 0 Å². The molecule has 3 fully saturated rings. The molecule has 0 unspecified atom stereocenters. The van der Waals surface area contributed by atoms with Crippen LogP contribution in [0.1, 0.15) is 62.6 Å². The van der Waals surface area contributed by atoms with Crippen molar-refractivity contribution in [2.24, 2.45) is 11.8 Å². The molecule has 1 amide bonds. The minimum Gasteiger partial charge on any atom is -0.493 e. The molecular weight excluding hydrogens is 511 g/mol. The molecule has 7 nitrogen and oxygen atoms in total. The van der Waals surface area contributed by atoms with Gasteiger partial charge in [0.2, 0.25) is 5.91 Å². The standard InChI is InChI=1S/C28H42N4O3.2ClH/c1-30(2)19-24-26(34-20-22-6-7-22)11-9-23-25(29-35-28(23)24)10-8-21-12-15-31(16-13-21)17-18-32-14-4-3-5-27(32)33;;/h9,11,21-22H,3-8,10,12-20H2,1-2H3;2*1H. The predicted molar refractivity (Wildman–Crippen MR) is 152 cm³/mol. The number of fused-ring (bicyclic) bond motifs is 1. The number of ether oxygens (including phenoxy) is 1. The molecule has 5 rings (SSSR count). The van der Waals surface area contributed by atoms with Gasteiger partial charge in [0.25, 0.3) is 0 Å². The number of benzene rings is 1. The Morgan fingerprint density at radius 3 is 2.51 bits per heavy atom. The summed E-state index contributed by atoms with van der Waals surface area (Å²) in [6.07, 6.45) is 10.1. The van der Waals surface area contributed by atoms with Crippen LogP contribution in [0.4, 0.5) is 0 Å². The van der Waals surface area contributed by atoms with Crippen LogP contribution in [0.5, 0.6) is 5.75 Å². The number of amides is 1. The van der Waals surface area contributed by atoms with E-state index in [9.17, 15) is 4.79 Å². The van der Waals surface area contributed by atoms with Crippen LogP contribution < -0.4 is 4.74 Å². The van der Waals surface area contributed by atoms with E-state index >= 15 is 0 Å². The van der Waals surface area contributed by atoms with E-state index in [0.717, 1.165) is 118 Å². The molecule has 37 heavy (non-hydrogen) atoms. The molecule has 0 bridgehead atoms. The molecule has 1 saturated carbocycles. The zero-order valence-electron chi connectivity index (χ0n) is 22.5. The van der Waals surface area contributed by atoms with Crippen LogP contribution in [0.25, 0.3) is 11.0 Å². The molecule has 0 spiro atoms. The lowest BCUT2D eigenvalue weighted by Crippen LogP contribution is -2.43. The second kappa shape index (κ2) is 14.0. The van der Waals surface area contributed by atoms with Crippen molar-refractivity contribution in [1.82, 2.24) is 19.9 Å². The molecule has 2 aromatic rings. The monoisotopic (exact) mass is 554 g/mol. The van der Waals surface area contributed by atoms with Gasteiger partial charge in [-0.2, -0.15) is 0 Å². The number of hydrogen-bond acceptors (Lipinski definition) is 6. The van der Waals surface area contributed by atoms with Crippen LogP contribution >= 0.6 is 24.8 Å². The Balaban J connectivity index is 0.00000190. The molecule has 1 aliphatic carbocycles. The molecule has 9 heteroatoms. The van der Waals surface area contributed by atoms with Crippen molar-refractivity contribution in [1.29, 1.82) is 0 Å². The Kier molecular flexibility index (Phi) is 11.4. The molecule has 3 heterocycles. The van der Waals surface area contributed by atoms with E-state index in [1.54, 1.807) is 0 Å². The summed E-state index contributed by atoms with van der Waals surface area (Å²) in [6, 6.07) is 4.27. The largest absolute Gasteiger partial charge is 0.493 e. The molecular formula is C28H44Cl2N4O3. The van der Waals surface area contributed by atoms with Gasteiger partial charge < -0.3 is 24.0 Å². The van der Waals surface area contributed by atoms with Gasteiger partial charge in [0, 0.05) is 38.0 Å². The number of halogens is 2. The lowest BCUT2D eigenvalue weighted by Gasteiger charge is -2.34. The number of rotatable bonds is 11. The number of likely N-dealkylation sites (tertiary alicyclic amines) is 2. The Labute approximate surface area is 234 Å². The maximum Gasteiger partial charge on any atom is 0.222 e. The average molecular weight is 556 g/mol. The van der Waals surface area contributed by atoms with E-state index in [4.69, 9.17) is 9.26 Å². The first-order valence-electron chi connectivity index (χ1n) is 13.7. The van der Waals surface area contributed by atoms with Gasteiger partial charge in [-0.25, -0.2) is 0 Å². The van der Waals surface area contributed by atoms with E-state index in [-0.39, 0.29) is 24.8 Å². The van der Waals surface area contributed by atoms with Gasteiger partial charge >= 0.3 is 0 Å². The molecule has 208 valence electrons. The van der Waals surface area contributed by atoms with E-state index in [1.165, 1.54) is 25.7 Å². The molecule has 0 atom stereocenters. The van der Waals surface area contributed by atoms with Crippen LogP contribution in [-0.2, 0) is 17.8 Å². The number of nitrogens with zero attached hydrogens (tertiary/aromatic N) is 4. The van der Waals surface area contributed by atoms with Crippen molar-refractivity contribution in [2.45, 2.75) is 64.3 Å². The summed E-state index contributed by atoms with van der Waals surface area (Å²) < 4.78 is 12.1. The minimum atomic E-state index is 0. The van der Waals surface area contributed by atoms with Crippen LogP contribution in [0.15, 0.2) is 16.7 Å². The van der Waals surface area contributed by atoms with Crippen LogP contribution in [0, 0.1) is 11.8 Å². The zero-order chi connectivity index (χ0) is 24.2. The molecule has 3 aliphatic rings. The Bertz CT molecular complexity index is 1000. The zero-order valence-corrected chi connectivity index (χ0v) is 24.1. The lowest BCUT2D eigenvalue weighted by molar-refractivity contribution is -0.133. The second-order valence-corrected chi connectivity index (χ2v) is 11.2. The second-order valence-electron chi connectivity index (χ2n) is 11.2. The topological polar surface area (TPSA) is 62.1 Å². The number of carbonyl (C=O) groups excluding carboxylic acids is 1. The van der Waals surface area contributed by atoms with E-state index in [2.05, 4.69) is 46.1 Å². The molecule has 2 saturated heterocycles. The van der Waals surface area contributed by atoms with E-state index in [0.29, 0.717) is 5.91 Å². The van der Waals surface area contributed by atoms with Gasteiger partial charge in [-0.05, 0) is 103 Å². The van der Waals surface area contributed by atoms with Gasteiger partial charge in [0.05, 0.1) is 17.9 Å². The van der Waals surface area contributed by atoms with Gasteiger partial charge in [0.1, 0.15) is 5.75 Å². The molecule has 1 aromatic carbocycles. The Morgan fingerprint density at radius 1 is 1.03 bits per heavy atom. The fourth-order valence-corrected chi connectivity index (χ4v) is 5.56. The van der Waals surface area contributed by atoms with Gasteiger partial charge in [-0.3, -0.25) is 4.79 Å². The highest BCUT2D eigenvalue weighted by molar-refractivity contribution is 5.86. The highest BCUT2D eigenvalue weighted by Gasteiger charge is 2.25. The summed E-state index contributed by atoms with van der Waals surface area (Å²) in [6.45, 7) is 6.74. The number of aromatic nitrogens is 1. The van der Waals surface area contributed by atoms with Crippen LogP contribution in [-0.4, -0.2) is 79.2 Å². The highest BCUT2D eigenvalue weighted by atomic mass is 35.5. The summed E-state index contributed by atoms with van der Waals surface area (Å²) in [5.74, 6) is 2.75. The summed E-state index contributed by atoms with van der Waals surface area (Å²) in [4.78, 5) is 18.8. The summed E-state index contributed by atoms with van der Waals surface area (Å²) >= 11 is 0. The SMILES string of the molecule is CN(C)Cc1c(OCC2CC2)ccc2c(CCC3CCN(CCN4CCCCC4=O)CC3)noc12.Cl.Cl. The van der Waals surface area contributed by atoms with Crippen molar-refractivity contribution in [3.63, 3.8) is 0 Å². The first-order valence-corrected chi connectivity index (χ1v) is 13.7. The number of aryl methyl sites for hydroxylation is 1. The normalized spacial score (nSPS) is 19.2. The fraction of sp³-hybridized carbons (Fsp3) is 0.714. The van der Waals surface area contributed by atoms with Gasteiger partial charge in [0.15, 0.2) is 5.58 Å². The number of carbonyl (C=O) groups is 1. The summed E-state index contributed by atoms with van der Waals surface area (Å²) in [5.41, 5.74) is 3.09. The van der Waals surface area contributed by atoms with Crippen LogP contribution in [0.3, 0.4) is 0 Å². The summed E-state index contributed by atoms with van der Waals surface area (Å²) in [7, 11) is 4.16. The van der Waals surface area contributed by atoms with Crippen molar-refractivity contribution >= 4 is 41.7 Å². The van der Waals surface area contributed by atoms with Gasteiger partial charge in [-0.15, -0.1) is 24.8 Å². The quantitative estimate of drug-likeness (QED) is 0.381. The molecule has 1 aromatic heterocycles. The third-order valence-corrected chi connectivity index (χ3v) is 8.03. The van der Waals surface area contributed by atoms with Crippen molar-refractivity contribution in [3.05, 3.63) is 23.4 Å². The van der Waals surface area contributed by atoms with Crippen molar-refractivity contribution in [3.8, 4) is 5.75 Å². The molecule has 0 radical (unpaired) electrons. The predicted octanol–water partition coefficient (Wildman–Crippen LogP) is 5.18. The smallest absolute Gasteiger partial charge is 0.222 e. The lowest BCUT2D eigenvalue weighted by atomic mass is 9.91. The first-order chi connectivity index (χ1) is 17.1. The average Bonchev–Trinajstić information content (AvgIpc) is 3.60. The third kappa shape index (κ3) is 7.98. The fourth-order valence-electron chi connectivity index (χ4n) is 5.56. The maximum atomic E-state index is 12.0. The Morgan fingerprint density at radius 2 is 1.81 bits per heavy atom. The molecule has 2 aliphatic heterocycles. The highest BCUT2D eigenvalue weighted by Crippen LogP contribution is 2.35. The van der Waals surface area contributed by atoms with Gasteiger partial charge in [-0.1, -0.05) is 5.16 Å².